The molecule has 260 valence electrons. The van der Waals surface area contributed by atoms with Crippen molar-refractivity contribution in [2.45, 2.75) is 74.3 Å². The maximum Gasteiger partial charge on any atom is 0.471 e. The first kappa shape index (κ1) is 33.4. The van der Waals surface area contributed by atoms with Gasteiger partial charge in [-0.3, -0.25) is 34.1 Å². The summed E-state index contributed by atoms with van der Waals surface area (Å²) < 4.78 is 57.1. The fraction of sp³-hybridized carbons (Fsp3) is 0.412. The van der Waals surface area contributed by atoms with Crippen LogP contribution in [-0.4, -0.2) is 81.7 Å². The van der Waals surface area contributed by atoms with E-state index in [1.54, 1.807) is 12.1 Å². The number of nitrogens with one attached hydrogen (secondary N) is 1. The Hall–Kier alpha value is -5.09. The number of nitro benzene ring substituents is 1. The molecule has 1 N–H and O–H groups in total. The Labute approximate surface area is 280 Å². The number of allylic oxidation sites excluding steroid dienone is 1. The van der Waals surface area contributed by atoms with Crippen LogP contribution in [0.4, 0.5) is 18.9 Å². The van der Waals surface area contributed by atoms with Crippen LogP contribution in [0.5, 0.6) is 0 Å². The molecule has 16 heteroatoms. The number of fused-ring (bicyclic) bond motifs is 2. The lowest BCUT2D eigenvalue weighted by atomic mass is 9.57. The number of hydrogen-bond donors (Lipinski definition) is 1. The van der Waals surface area contributed by atoms with Crippen LogP contribution in [0.15, 0.2) is 60.2 Å². The third-order valence-corrected chi connectivity index (χ3v) is 10.2. The van der Waals surface area contributed by atoms with Crippen LogP contribution in [0.3, 0.4) is 0 Å². The summed E-state index contributed by atoms with van der Waals surface area (Å²) in [5, 5.41) is 12.8. The molecule has 3 fully saturated rings. The van der Waals surface area contributed by atoms with Crippen molar-refractivity contribution >= 4 is 40.7 Å². The van der Waals surface area contributed by atoms with Crippen molar-refractivity contribution in [3.05, 3.63) is 87.0 Å². The maximum atomic E-state index is 14.0. The van der Waals surface area contributed by atoms with E-state index in [2.05, 4.69) is 0 Å². The molecule has 50 heavy (non-hydrogen) atoms. The van der Waals surface area contributed by atoms with Gasteiger partial charge in [-0.1, -0.05) is 35.9 Å². The Kier molecular flexibility index (Phi) is 7.67. The molecule has 13 nitrogen and oxygen atoms in total. The number of nitro groups is 1. The van der Waals surface area contributed by atoms with Crippen molar-refractivity contribution in [2.75, 3.05) is 0 Å². The molecule has 3 aliphatic carbocycles. The number of epoxide rings is 1. The summed E-state index contributed by atoms with van der Waals surface area (Å²) >= 11 is 0. The molecule has 1 saturated carbocycles. The summed E-state index contributed by atoms with van der Waals surface area (Å²) in [7, 11) is 0. The van der Waals surface area contributed by atoms with Crippen LogP contribution in [0.1, 0.15) is 63.7 Å². The number of hydrogen-bond acceptors (Lipinski definition) is 11. The highest BCUT2D eigenvalue weighted by Crippen LogP contribution is 2.63. The number of carbonyl (C=O) groups is 6. The predicted molar refractivity (Wildman–Crippen MR) is 160 cm³/mol. The van der Waals surface area contributed by atoms with E-state index in [4.69, 9.17) is 14.2 Å². The van der Waals surface area contributed by atoms with Gasteiger partial charge in [0.15, 0.2) is 11.6 Å². The number of ether oxygens (including phenoxy) is 3. The average Bonchev–Trinajstić information content (AvgIpc) is 3.81. The van der Waals surface area contributed by atoms with E-state index < -0.39 is 93.5 Å². The van der Waals surface area contributed by atoms with Gasteiger partial charge in [0.05, 0.1) is 28.7 Å². The summed E-state index contributed by atoms with van der Waals surface area (Å²) in [6.45, 7) is 1.44. The van der Waals surface area contributed by atoms with Gasteiger partial charge in [-0.15, -0.1) is 0 Å². The molecule has 2 aliphatic heterocycles. The highest BCUT2D eigenvalue weighted by Gasteiger charge is 2.91. The smallest absolute Gasteiger partial charge is 0.454 e. The highest BCUT2D eigenvalue weighted by molar-refractivity contribution is 6.43. The molecule has 0 radical (unpaired) electrons. The van der Waals surface area contributed by atoms with Crippen molar-refractivity contribution in [1.82, 2.24) is 5.32 Å². The van der Waals surface area contributed by atoms with Crippen LogP contribution >= 0.6 is 0 Å². The number of nitrogens with zero attached hydrogens (tertiary/aromatic N) is 1. The molecule has 5 aliphatic rings. The molecule has 2 aromatic carbocycles. The second-order valence-corrected chi connectivity index (χ2v) is 13.1. The van der Waals surface area contributed by atoms with Gasteiger partial charge in [0.1, 0.15) is 6.10 Å². The van der Waals surface area contributed by atoms with E-state index in [0.717, 1.165) is 24.3 Å². The van der Waals surface area contributed by atoms with Crippen LogP contribution in [0, 0.1) is 22.0 Å². The number of halogens is 3. The molecule has 7 rings (SSSR count). The average molecular weight is 697 g/mol. The van der Waals surface area contributed by atoms with Crippen molar-refractivity contribution in [1.29, 1.82) is 0 Å². The van der Waals surface area contributed by atoms with Crippen molar-refractivity contribution < 1.29 is 61.1 Å². The van der Waals surface area contributed by atoms with Crippen molar-refractivity contribution in [3.63, 3.8) is 0 Å². The van der Waals surface area contributed by atoms with Gasteiger partial charge in [-0.25, -0.2) is 4.79 Å². The Balaban J connectivity index is 1.09. The minimum atomic E-state index is -5.25. The zero-order valence-electron chi connectivity index (χ0n) is 26.1. The van der Waals surface area contributed by atoms with Gasteiger partial charge in [0.2, 0.25) is 22.8 Å². The molecule has 4 unspecified atom stereocenters. The molecule has 2 saturated heterocycles. The molecular weight excluding hydrogens is 669 g/mol. The second kappa shape index (κ2) is 11.5. The Morgan fingerprint density at radius 3 is 2.16 bits per heavy atom. The Morgan fingerprint density at radius 1 is 0.980 bits per heavy atom. The Bertz CT molecular complexity index is 1920. The van der Waals surface area contributed by atoms with Crippen molar-refractivity contribution in [3.8, 4) is 0 Å². The van der Waals surface area contributed by atoms with Crippen LogP contribution in [-0.2, 0) is 28.6 Å². The van der Waals surface area contributed by atoms with E-state index in [-0.39, 0.29) is 48.1 Å². The molecule has 8 atom stereocenters. The maximum absolute atomic E-state index is 14.0. The summed E-state index contributed by atoms with van der Waals surface area (Å²) in [5.41, 5.74) is -4.22. The third kappa shape index (κ3) is 4.91. The second-order valence-electron chi connectivity index (χ2n) is 13.1. The van der Waals surface area contributed by atoms with Gasteiger partial charge < -0.3 is 19.5 Å². The number of benzene rings is 2. The van der Waals surface area contributed by atoms with E-state index in [9.17, 15) is 52.1 Å². The number of rotatable bonds is 6. The van der Waals surface area contributed by atoms with Gasteiger partial charge >= 0.3 is 18.1 Å². The minimum absolute atomic E-state index is 0.00262. The van der Waals surface area contributed by atoms with E-state index >= 15 is 0 Å². The summed E-state index contributed by atoms with van der Waals surface area (Å²) in [5.74, 6) is -8.00. The number of amides is 1. The van der Waals surface area contributed by atoms with E-state index in [1.165, 1.54) is 25.1 Å². The largest absolute Gasteiger partial charge is 0.471 e. The van der Waals surface area contributed by atoms with Crippen molar-refractivity contribution in [2.24, 2.45) is 11.8 Å². The standard InChI is InChI=1S/C34H27F3N2O11/c1-15-25(49-30(44)17-7-9-18(10-8-17)39(46)47)24(38-31(45)34(35,36)37)14-19(48-15)12-16-6-11-22-23(13-16)29(43)33-27(41)21-5-3-2-4-20(21)26(40)32(33,50-33)28(22)42/h2-10,15,19,22-25H,11-14H2,1H3,(H,38,45)/t15-,19+,22?,23?,24+,25+,32?,33?/m1/s1. The van der Waals surface area contributed by atoms with Gasteiger partial charge in [-0.05, 0) is 44.7 Å². The Morgan fingerprint density at radius 2 is 1.58 bits per heavy atom. The lowest BCUT2D eigenvalue weighted by Gasteiger charge is -2.42. The van der Waals surface area contributed by atoms with E-state index in [1.807, 2.05) is 5.32 Å². The zero-order valence-corrected chi connectivity index (χ0v) is 26.1. The molecule has 0 spiro atoms. The first-order chi connectivity index (χ1) is 23.6. The summed E-state index contributed by atoms with van der Waals surface area (Å²) in [6, 6.07) is 8.86. The molecule has 2 aromatic rings. The van der Waals surface area contributed by atoms with Gasteiger partial charge in [0.25, 0.3) is 5.69 Å². The van der Waals surface area contributed by atoms with Crippen LogP contribution in [0.25, 0.3) is 0 Å². The quantitative estimate of drug-likeness (QED) is 0.116. The molecular formula is C34H27F3N2O11. The predicted octanol–water partition coefficient (Wildman–Crippen LogP) is 3.43. The normalized spacial score (nSPS) is 32.8. The SMILES string of the molecule is C[C@H]1O[C@@H](CC2=CCC3C(=O)C45OC4(C(=O)c4ccccc4C5=O)C(=O)C3C2)C[C@H](NC(=O)C(F)(F)F)[C@H]1OC(=O)c1ccc([N+](=O)[O-])cc1. The highest BCUT2D eigenvalue weighted by atomic mass is 19.4. The zero-order chi connectivity index (χ0) is 35.9. The summed E-state index contributed by atoms with van der Waals surface area (Å²) in [4.78, 5) is 90.0. The summed E-state index contributed by atoms with van der Waals surface area (Å²) in [6.07, 6.45) is -6.99. The number of non-ortho nitro benzene ring substituents is 1. The number of alkyl halides is 3. The molecule has 0 aromatic heterocycles. The lowest BCUT2D eigenvalue weighted by molar-refractivity contribution is -0.384. The van der Waals surface area contributed by atoms with Gasteiger partial charge in [-0.2, -0.15) is 13.2 Å². The fourth-order valence-electron chi connectivity index (χ4n) is 7.85. The number of esters is 1. The number of carbonyl (C=O) groups excluding carboxylic acids is 6. The monoisotopic (exact) mass is 696 g/mol. The minimum Gasteiger partial charge on any atom is -0.454 e. The first-order valence-electron chi connectivity index (χ1n) is 15.7. The molecule has 1 amide bonds. The fourth-order valence-corrected chi connectivity index (χ4v) is 7.85. The van der Waals surface area contributed by atoms with Crippen LogP contribution in [0.2, 0.25) is 0 Å². The topological polar surface area (TPSA) is 189 Å². The number of Topliss-reactive ketones (excluding diaryl/α,β-unsaturated/α-hetero) is 4. The first-order valence-corrected chi connectivity index (χ1v) is 15.7. The number of ketones is 4. The van der Waals surface area contributed by atoms with E-state index in [0.29, 0.717) is 5.57 Å². The van der Waals surface area contributed by atoms with Crippen LogP contribution < -0.4 is 5.32 Å². The lowest BCUT2D eigenvalue weighted by Crippen LogP contribution is -2.62. The third-order valence-electron chi connectivity index (χ3n) is 10.2. The molecule has 2 heterocycles. The molecule has 0 bridgehead atoms. The van der Waals surface area contributed by atoms with Gasteiger partial charge in [0, 0.05) is 35.1 Å².